The summed E-state index contributed by atoms with van der Waals surface area (Å²) in [5.74, 6) is 2.69. The lowest BCUT2D eigenvalue weighted by molar-refractivity contribution is -0.161. The van der Waals surface area contributed by atoms with E-state index in [1.54, 1.807) is 28.1 Å². The summed E-state index contributed by atoms with van der Waals surface area (Å²) < 4.78 is 6.10. The molecular weight excluding hydrogens is 634 g/mol. The molecule has 2 aliphatic heterocycles. The molecule has 2 saturated heterocycles. The number of benzene rings is 2. The van der Waals surface area contributed by atoms with Gasteiger partial charge in [-0.05, 0) is 68.4 Å². The maximum atomic E-state index is 13.6. The number of nitrogens with zero attached hydrogens (tertiary/aromatic N) is 4. The summed E-state index contributed by atoms with van der Waals surface area (Å²) in [4.78, 5) is 69.0. The molecule has 264 valence electrons. The number of amides is 2. The number of pyridine rings is 1. The van der Waals surface area contributed by atoms with Gasteiger partial charge in [0.1, 0.15) is 0 Å². The van der Waals surface area contributed by atoms with E-state index in [9.17, 15) is 19.2 Å². The fraction of sp³-hybridized carbons (Fsp3) is 0.436. The van der Waals surface area contributed by atoms with Crippen LogP contribution in [-0.4, -0.2) is 76.8 Å². The third kappa shape index (κ3) is 9.92. The van der Waals surface area contributed by atoms with Gasteiger partial charge in [-0.25, -0.2) is 4.79 Å². The van der Waals surface area contributed by atoms with Gasteiger partial charge in [0.25, 0.3) is 0 Å². The minimum atomic E-state index is -0.854. The molecule has 0 bridgehead atoms. The van der Waals surface area contributed by atoms with E-state index in [0.29, 0.717) is 64.0 Å². The second-order valence-corrected chi connectivity index (χ2v) is 13.2. The predicted octanol–water partition coefficient (Wildman–Crippen LogP) is 4.76. The van der Waals surface area contributed by atoms with Crippen molar-refractivity contribution in [2.24, 2.45) is 22.7 Å². The van der Waals surface area contributed by atoms with E-state index in [-0.39, 0.29) is 43.1 Å². The molecule has 11 nitrogen and oxygen atoms in total. The summed E-state index contributed by atoms with van der Waals surface area (Å²) in [7, 11) is 0. The summed E-state index contributed by atoms with van der Waals surface area (Å²) in [5.41, 5.74) is 5.74. The first-order chi connectivity index (χ1) is 24.2. The lowest BCUT2D eigenvalue weighted by Crippen LogP contribution is -2.53. The van der Waals surface area contributed by atoms with Crippen LogP contribution in [0.2, 0.25) is 0 Å². The number of hydrogen-bond acceptors (Lipinski definition) is 9. The van der Waals surface area contributed by atoms with Gasteiger partial charge in [0.2, 0.25) is 11.8 Å². The number of aliphatic imine (C=N–C) groups is 1. The second-order valence-electron chi connectivity index (χ2n) is 13.2. The first kappa shape index (κ1) is 36.5. The Bertz CT molecular complexity index is 1650. The molecule has 0 unspecified atom stereocenters. The van der Waals surface area contributed by atoms with E-state index in [0.717, 1.165) is 22.4 Å². The molecule has 2 aliphatic rings. The van der Waals surface area contributed by atoms with Crippen molar-refractivity contribution in [2.45, 2.75) is 71.6 Å². The van der Waals surface area contributed by atoms with Crippen molar-refractivity contribution in [1.82, 2.24) is 14.8 Å². The number of nitrogens with two attached hydrogens (primary N) is 1. The molecule has 5 rings (SSSR count). The van der Waals surface area contributed by atoms with E-state index in [1.165, 1.54) is 5.56 Å². The quantitative estimate of drug-likeness (QED) is 0.155. The van der Waals surface area contributed by atoms with Crippen molar-refractivity contribution in [3.8, 4) is 0 Å². The Balaban J connectivity index is 1.05. The molecule has 0 aliphatic carbocycles. The molecular formula is C39H47N5O6. The van der Waals surface area contributed by atoms with Gasteiger partial charge >= 0.3 is 5.97 Å². The predicted molar refractivity (Wildman–Crippen MR) is 189 cm³/mol. The maximum absolute atomic E-state index is 13.6. The molecule has 2 amide bonds. The zero-order valence-corrected chi connectivity index (χ0v) is 29.0. The van der Waals surface area contributed by atoms with Crippen LogP contribution in [0.4, 0.5) is 0 Å². The van der Waals surface area contributed by atoms with Gasteiger partial charge in [-0.15, -0.1) is 0 Å². The summed E-state index contributed by atoms with van der Waals surface area (Å²) in [5, 5.41) is 0. The van der Waals surface area contributed by atoms with Crippen molar-refractivity contribution in [2.75, 3.05) is 26.2 Å². The summed E-state index contributed by atoms with van der Waals surface area (Å²) >= 11 is 0. The number of piperidine rings is 2. The number of Topliss-reactive ketones (excluding diaryl/α,β-unsaturated/α-hetero) is 1. The van der Waals surface area contributed by atoms with Gasteiger partial charge in [-0.1, -0.05) is 54.1 Å². The smallest absolute Gasteiger partial charge is 0.330 e. The number of ether oxygens (including phenoxy) is 1. The number of aromatic nitrogens is 1. The number of carbonyl (C=O) groups is 4. The molecule has 0 spiro atoms. The van der Waals surface area contributed by atoms with Crippen LogP contribution in [0.25, 0.3) is 0 Å². The summed E-state index contributed by atoms with van der Waals surface area (Å²) in [6.07, 6.45) is 5.87. The number of ketones is 1. The van der Waals surface area contributed by atoms with Gasteiger partial charge in [-0.2, -0.15) is 5.90 Å². The Hall–Kier alpha value is -4.74. The number of carbonyl (C=O) groups excluding carboxylic acids is 4. The van der Waals surface area contributed by atoms with Crippen LogP contribution in [0.1, 0.15) is 76.8 Å². The zero-order valence-electron chi connectivity index (χ0n) is 29.0. The molecule has 2 fully saturated rings. The fourth-order valence-corrected chi connectivity index (χ4v) is 6.53. The molecule has 1 aromatic heterocycles. The molecule has 0 radical (unpaired) electrons. The van der Waals surface area contributed by atoms with Gasteiger partial charge in [0, 0.05) is 57.0 Å². The van der Waals surface area contributed by atoms with Gasteiger partial charge in [-0.3, -0.25) is 24.4 Å². The van der Waals surface area contributed by atoms with Crippen LogP contribution in [0.3, 0.4) is 0 Å². The van der Waals surface area contributed by atoms with E-state index >= 15 is 0 Å². The average molecular weight is 682 g/mol. The first-order valence-corrected chi connectivity index (χ1v) is 17.4. The SMILES string of the molecule is Cc1ccc(COC2CCN(C(=O)[C@H]3CCN(C(=O)CCCC(=O)c4ccc(CN=Cc5ccccc5C)nc4)C[C@@H]3C(=O)ON)CC2)cc1. The van der Waals surface area contributed by atoms with Crippen molar-refractivity contribution < 1.29 is 28.8 Å². The van der Waals surface area contributed by atoms with Crippen molar-refractivity contribution in [3.63, 3.8) is 0 Å². The zero-order chi connectivity index (χ0) is 35.5. The Labute approximate surface area is 293 Å². The molecule has 3 heterocycles. The molecule has 2 aromatic carbocycles. The van der Waals surface area contributed by atoms with Gasteiger partial charge in [0.15, 0.2) is 5.78 Å². The Morgan fingerprint density at radius 3 is 2.34 bits per heavy atom. The van der Waals surface area contributed by atoms with Gasteiger partial charge < -0.3 is 19.4 Å². The van der Waals surface area contributed by atoms with E-state index in [1.807, 2.05) is 44.3 Å². The van der Waals surface area contributed by atoms with E-state index in [4.69, 9.17) is 10.6 Å². The number of rotatable bonds is 13. The van der Waals surface area contributed by atoms with Crippen molar-refractivity contribution >= 4 is 29.8 Å². The Kier molecular flexibility index (Phi) is 13.0. The van der Waals surface area contributed by atoms with Crippen LogP contribution < -0.4 is 5.90 Å². The maximum Gasteiger partial charge on any atom is 0.330 e. The Morgan fingerprint density at radius 1 is 0.900 bits per heavy atom. The van der Waals surface area contributed by atoms with E-state index < -0.39 is 17.8 Å². The van der Waals surface area contributed by atoms with Crippen LogP contribution >= 0.6 is 0 Å². The van der Waals surface area contributed by atoms with Crippen LogP contribution in [0, 0.1) is 25.7 Å². The Morgan fingerprint density at radius 2 is 1.64 bits per heavy atom. The molecule has 2 atom stereocenters. The fourth-order valence-electron chi connectivity index (χ4n) is 6.53. The minimum absolute atomic E-state index is 0.0487. The monoisotopic (exact) mass is 681 g/mol. The number of likely N-dealkylation sites (tertiary alicyclic amines) is 2. The second kappa shape index (κ2) is 17.8. The lowest BCUT2D eigenvalue weighted by Gasteiger charge is -2.40. The average Bonchev–Trinajstić information content (AvgIpc) is 3.15. The molecule has 50 heavy (non-hydrogen) atoms. The highest BCUT2D eigenvalue weighted by Gasteiger charge is 2.43. The third-order valence-corrected chi connectivity index (χ3v) is 9.67. The normalized spacial score (nSPS) is 18.3. The lowest BCUT2D eigenvalue weighted by atomic mass is 9.83. The topological polar surface area (TPSA) is 144 Å². The highest BCUT2D eigenvalue weighted by atomic mass is 16.7. The summed E-state index contributed by atoms with van der Waals surface area (Å²) in [6.45, 7) is 6.47. The minimum Gasteiger partial charge on any atom is -0.373 e. The van der Waals surface area contributed by atoms with E-state index in [2.05, 4.69) is 39.1 Å². The highest BCUT2D eigenvalue weighted by Crippen LogP contribution is 2.29. The van der Waals surface area contributed by atoms with Crippen molar-refractivity contribution in [3.05, 3.63) is 100 Å². The van der Waals surface area contributed by atoms with Crippen molar-refractivity contribution in [1.29, 1.82) is 0 Å². The molecule has 3 aromatic rings. The largest absolute Gasteiger partial charge is 0.373 e. The van der Waals surface area contributed by atoms with Crippen LogP contribution in [-0.2, 0) is 37.1 Å². The molecule has 2 N–H and O–H groups in total. The van der Waals surface area contributed by atoms with Crippen LogP contribution in [0.5, 0.6) is 0 Å². The standard InChI is InChI=1S/C39H47N5O6/c1-27-10-12-29(13-11-27)26-49-33-16-19-43(20-17-33)38(47)34-18-21-44(25-35(34)39(48)50-40)37(46)9-5-8-36(45)31-14-15-32(42-23-31)24-41-22-30-7-4-3-6-28(30)2/h3-4,6-7,10-15,22-23,33-35H,5,8-9,16-21,24-26,40H2,1-2H3/t34-,35-/m0/s1. The summed E-state index contributed by atoms with van der Waals surface area (Å²) in [6, 6.07) is 19.8. The van der Waals surface area contributed by atoms with Gasteiger partial charge in [0.05, 0.1) is 36.8 Å². The number of hydrogen-bond donors (Lipinski definition) is 1. The highest BCUT2D eigenvalue weighted by molar-refractivity contribution is 5.96. The first-order valence-electron chi connectivity index (χ1n) is 17.4. The number of aryl methyl sites for hydroxylation is 2. The molecule has 0 saturated carbocycles. The van der Waals surface area contributed by atoms with Crippen LogP contribution in [0.15, 0.2) is 71.9 Å². The third-order valence-electron chi connectivity index (χ3n) is 9.67. The molecule has 11 heteroatoms.